The Morgan fingerprint density at radius 2 is 1.84 bits per heavy atom. The molecule has 3 aliphatic heterocycles. The number of amides is 3. The average molecular weight is 572 g/mol. The van der Waals surface area contributed by atoms with E-state index in [0.717, 1.165) is 16.9 Å². The number of anilines is 1. The van der Waals surface area contributed by atoms with Crippen LogP contribution >= 0.6 is 34.7 Å². The van der Waals surface area contributed by atoms with Crippen LogP contribution in [-0.4, -0.2) is 65.8 Å². The first-order valence-electron chi connectivity index (χ1n) is 12.0. The zero-order chi connectivity index (χ0) is 26.4. The molecule has 2 aromatic carbocycles. The number of thiazole rings is 1. The molecule has 3 atom stereocenters. The number of carbonyl (C=O) groups excluding carboxylic acids is 3. The summed E-state index contributed by atoms with van der Waals surface area (Å²) in [5.41, 5.74) is 1.18. The Hall–Kier alpha value is -3.12. The maximum atomic E-state index is 13.8. The van der Waals surface area contributed by atoms with E-state index in [2.05, 4.69) is 4.98 Å². The molecule has 0 radical (unpaired) electrons. The van der Waals surface area contributed by atoms with Crippen molar-refractivity contribution in [2.75, 3.05) is 37.8 Å². The van der Waals surface area contributed by atoms with Crippen LogP contribution in [0.1, 0.15) is 16.4 Å². The molecule has 0 aliphatic carbocycles. The molecule has 196 valence electrons. The van der Waals surface area contributed by atoms with Crippen molar-refractivity contribution in [1.82, 2.24) is 9.88 Å². The fourth-order valence-electron chi connectivity index (χ4n) is 5.07. The lowest BCUT2D eigenvalue weighted by molar-refractivity contribution is -0.137. The number of ether oxygens (including phenoxy) is 2. The van der Waals surface area contributed by atoms with Gasteiger partial charge in [0.1, 0.15) is 11.0 Å². The van der Waals surface area contributed by atoms with Gasteiger partial charge in [0, 0.05) is 28.9 Å². The molecule has 2 unspecified atom stereocenters. The van der Waals surface area contributed by atoms with Crippen molar-refractivity contribution in [2.24, 2.45) is 5.92 Å². The molecule has 12 heteroatoms. The van der Waals surface area contributed by atoms with E-state index in [1.807, 2.05) is 6.07 Å². The van der Waals surface area contributed by atoms with Crippen LogP contribution in [-0.2, 0) is 19.1 Å². The second-order valence-electron chi connectivity index (χ2n) is 9.09. The SMILES string of the molecule is O=C(COc1cccc([C@H]2c3sc(=O)[nH]c3SC3C(=O)N(c4ccc(Cl)cc4)C(=O)C32)c1)N1CCOCC1. The summed E-state index contributed by atoms with van der Waals surface area (Å²) in [7, 11) is 0. The zero-order valence-corrected chi connectivity index (χ0v) is 22.3. The van der Waals surface area contributed by atoms with Gasteiger partial charge in [0.2, 0.25) is 11.8 Å². The molecule has 2 saturated heterocycles. The van der Waals surface area contributed by atoms with Crippen LogP contribution in [0.4, 0.5) is 5.69 Å². The fourth-order valence-corrected chi connectivity index (χ4v) is 7.71. The first-order valence-corrected chi connectivity index (χ1v) is 14.1. The highest BCUT2D eigenvalue weighted by Gasteiger charge is 2.56. The van der Waals surface area contributed by atoms with Crippen molar-refractivity contribution >= 4 is 58.1 Å². The third kappa shape index (κ3) is 4.53. The second-order valence-corrected chi connectivity index (χ2v) is 11.7. The van der Waals surface area contributed by atoms with Gasteiger partial charge in [-0.25, -0.2) is 4.90 Å². The number of aromatic nitrogens is 1. The number of rotatable bonds is 5. The van der Waals surface area contributed by atoms with Crippen molar-refractivity contribution < 1.29 is 23.9 Å². The van der Waals surface area contributed by atoms with Crippen LogP contribution < -0.4 is 14.5 Å². The van der Waals surface area contributed by atoms with E-state index >= 15 is 0 Å². The number of halogens is 1. The summed E-state index contributed by atoms with van der Waals surface area (Å²) in [5, 5.41) is 0.397. The molecule has 3 aromatic rings. The monoisotopic (exact) mass is 571 g/mol. The lowest BCUT2D eigenvalue weighted by atomic mass is 9.83. The number of hydrogen-bond acceptors (Lipinski definition) is 8. The van der Waals surface area contributed by atoms with Crippen molar-refractivity contribution in [3.05, 3.63) is 73.7 Å². The van der Waals surface area contributed by atoms with Crippen molar-refractivity contribution in [3.63, 3.8) is 0 Å². The maximum Gasteiger partial charge on any atom is 0.305 e. The molecule has 38 heavy (non-hydrogen) atoms. The summed E-state index contributed by atoms with van der Waals surface area (Å²) >= 11 is 8.28. The van der Waals surface area contributed by atoms with Gasteiger partial charge in [-0.2, -0.15) is 0 Å². The molecule has 0 bridgehead atoms. The minimum Gasteiger partial charge on any atom is -0.484 e. The third-order valence-corrected chi connectivity index (χ3v) is 9.51. The van der Waals surface area contributed by atoms with E-state index in [0.29, 0.717) is 52.7 Å². The van der Waals surface area contributed by atoms with Crippen LogP contribution in [0.25, 0.3) is 0 Å². The molecular formula is C26H22ClN3O6S2. The van der Waals surface area contributed by atoms with Crippen LogP contribution in [0.15, 0.2) is 58.4 Å². The minimum atomic E-state index is -0.715. The van der Waals surface area contributed by atoms with Crippen molar-refractivity contribution in [1.29, 1.82) is 0 Å². The highest BCUT2D eigenvalue weighted by atomic mass is 35.5. The maximum absolute atomic E-state index is 13.8. The molecule has 1 aromatic heterocycles. The van der Waals surface area contributed by atoms with Gasteiger partial charge in [-0.3, -0.25) is 19.2 Å². The number of nitrogens with one attached hydrogen (secondary N) is 1. The summed E-state index contributed by atoms with van der Waals surface area (Å²) < 4.78 is 11.1. The summed E-state index contributed by atoms with van der Waals surface area (Å²) in [6.07, 6.45) is 0. The zero-order valence-electron chi connectivity index (χ0n) is 19.9. The normalized spacial score (nSPS) is 22.8. The summed E-state index contributed by atoms with van der Waals surface area (Å²) in [4.78, 5) is 58.4. The van der Waals surface area contributed by atoms with Crippen LogP contribution in [0.2, 0.25) is 5.02 Å². The Morgan fingerprint density at radius 3 is 2.61 bits per heavy atom. The van der Waals surface area contributed by atoms with Gasteiger partial charge >= 0.3 is 4.87 Å². The number of fused-ring (bicyclic) bond motifs is 2. The number of morpholine rings is 1. The molecule has 0 saturated carbocycles. The van der Waals surface area contributed by atoms with E-state index in [1.165, 1.54) is 16.7 Å². The van der Waals surface area contributed by atoms with Gasteiger partial charge < -0.3 is 19.4 Å². The second kappa shape index (κ2) is 10.2. The number of benzene rings is 2. The first kappa shape index (κ1) is 25.2. The van der Waals surface area contributed by atoms with Gasteiger partial charge in [0.25, 0.3) is 5.91 Å². The number of H-pyrrole nitrogens is 1. The molecular weight excluding hydrogens is 550 g/mol. The molecule has 3 amide bonds. The quantitative estimate of drug-likeness (QED) is 0.469. The molecule has 3 aliphatic rings. The van der Waals surface area contributed by atoms with Gasteiger partial charge in [0.05, 0.1) is 29.8 Å². The van der Waals surface area contributed by atoms with Crippen LogP contribution in [0, 0.1) is 5.92 Å². The van der Waals surface area contributed by atoms with E-state index in [4.69, 9.17) is 21.1 Å². The van der Waals surface area contributed by atoms with Crippen molar-refractivity contribution in [2.45, 2.75) is 16.2 Å². The largest absolute Gasteiger partial charge is 0.484 e. The Kier molecular flexibility index (Phi) is 6.77. The first-order chi connectivity index (χ1) is 18.4. The van der Waals surface area contributed by atoms with Gasteiger partial charge in [0.15, 0.2) is 6.61 Å². The Bertz CT molecular complexity index is 1470. The molecule has 0 spiro atoms. The Morgan fingerprint density at radius 1 is 1.08 bits per heavy atom. The van der Waals surface area contributed by atoms with Gasteiger partial charge in [-0.15, -0.1) is 0 Å². The topological polar surface area (TPSA) is 109 Å². The number of carbonyl (C=O) groups is 3. The highest BCUT2D eigenvalue weighted by Crippen LogP contribution is 2.53. The average Bonchev–Trinajstić information content (AvgIpc) is 3.42. The minimum absolute atomic E-state index is 0.124. The molecule has 1 N–H and O–H groups in total. The standard InChI is InChI=1S/C26H22ClN3O6S2/c27-15-4-6-16(7-5-15)30-24(32)20-19(21-23(28-26(34)38-21)37-22(20)25(30)33)14-2-1-3-17(12-14)36-13-18(31)29-8-10-35-11-9-29/h1-7,12,19-20,22H,8-11,13H2,(H,28,34)/t19-,20?,22?/m1/s1. The van der Waals surface area contributed by atoms with E-state index in [9.17, 15) is 19.2 Å². The highest BCUT2D eigenvalue weighted by molar-refractivity contribution is 8.00. The molecule has 9 nitrogen and oxygen atoms in total. The van der Waals surface area contributed by atoms with Crippen molar-refractivity contribution in [3.8, 4) is 5.75 Å². The van der Waals surface area contributed by atoms with E-state index in [-0.39, 0.29) is 29.2 Å². The van der Waals surface area contributed by atoms with Crippen LogP contribution in [0.5, 0.6) is 5.75 Å². The predicted molar refractivity (Wildman–Crippen MR) is 143 cm³/mol. The van der Waals surface area contributed by atoms with Gasteiger partial charge in [-0.05, 0) is 42.0 Å². The summed E-state index contributed by atoms with van der Waals surface area (Å²) in [6.45, 7) is 1.94. The third-order valence-electron chi connectivity index (χ3n) is 6.85. The van der Waals surface area contributed by atoms with E-state index < -0.39 is 17.1 Å². The summed E-state index contributed by atoms with van der Waals surface area (Å²) in [6, 6.07) is 13.7. The van der Waals surface area contributed by atoms with E-state index in [1.54, 1.807) is 47.4 Å². The predicted octanol–water partition coefficient (Wildman–Crippen LogP) is 3.12. The van der Waals surface area contributed by atoms with Crippen LogP contribution in [0.3, 0.4) is 0 Å². The molecule has 2 fully saturated rings. The number of imide groups is 1. The Balaban J connectivity index is 1.32. The number of aromatic amines is 1. The number of nitrogens with zero attached hydrogens (tertiary/aromatic N) is 2. The number of hydrogen-bond donors (Lipinski definition) is 1. The molecule has 6 rings (SSSR count). The number of thioether (sulfide) groups is 1. The van der Waals surface area contributed by atoms with Gasteiger partial charge in [-0.1, -0.05) is 46.8 Å². The Labute approximate surface area is 230 Å². The smallest absolute Gasteiger partial charge is 0.305 e. The fraction of sp³-hybridized carbons (Fsp3) is 0.308. The summed E-state index contributed by atoms with van der Waals surface area (Å²) in [5.74, 6) is -1.58. The lowest BCUT2D eigenvalue weighted by Gasteiger charge is -2.30. The lowest BCUT2D eigenvalue weighted by Crippen LogP contribution is -2.42. The molecule has 4 heterocycles.